The van der Waals surface area contributed by atoms with Crippen molar-refractivity contribution in [2.45, 2.75) is 12.6 Å². The first-order chi connectivity index (χ1) is 7.68. The van der Waals surface area contributed by atoms with Crippen LogP contribution >= 0.6 is 46.9 Å². The number of nitrogens with one attached hydrogen (secondary N) is 2. The molecule has 1 saturated heterocycles. The van der Waals surface area contributed by atoms with Gasteiger partial charge in [0.2, 0.25) is 0 Å². The van der Waals surface area contributed by atoms with Crippen LogP contribution in [0, 0.1) is 5.92 Å². The fraction of sp³-hybridized carbons (Fsp3) is 0.600. The minimum absolute atomic E-state index is 0. The lowest BCUT2D eigenvalue weighted by Crippen LogP contribution is -2.30. The van der Waals surface area contributed by atoms with E-state index in [-0.39, 0.29) is 24.4 Å². The van der Waals surface area contributed by atoms with Gasteiger partial charge < -0.3 is 15.7 Å². The fourth-order valence-corrected chi connectivity index (χ4v) is 3.05. The molecule has 0 aromatic carbocycles. The Hall–Kier alpha value is 0.450. The average Bonchev–Trinajstić information content (AvgIpc) is 2.80. The number of β-amino-alcohol motifs (C(OH)–C–C–N with tert-alkyl or cyclic N) is 1. The smallest absolute Gasteiger partial charge is 0.112 e. The summed E-state index contributed by atoms with van der Waals surface area (Å²) in [7, 11) is 0. The summed E-state index contributed by atoms with van der Waals surface area (Å²) in [5.41, 5.74) is 1.03. The Bertz CT molecular complexity index is 361. The number of aliphatic hydroxyl groups is 1. The molecule has 3 nitrogen and oxygen atoms in total. The molecule has 7 heteroatoms. The van der Waals surface area contributed by atoms with Crippen LogP contribution in [-0.4, -0.2) is 30.8 Å². The highest BCUT2D eigenvalue weighted by molar-refractivity contribution is 7.15. The topological polar surface area (TPSA) is 44.3 Å². The van der Waals surface area contributed by atoms with Gasteiger partial charge in [0.1, 0.15) is 4.34 Å². The van der Waals surface area contributed by atoms with E-state index in [0.29, 0.717) is 22.4 Å². The zero-order chi connectivity index (χ0) is 11.5. The van der Waals surface area contributed by atoms with Crippen LogP contribution in [0.4, 0.5) is 0 Å². The van der Waals surface area contributed by atoms with Crippen LogP contribution in [0.15, 0.2) is 5.38 Å². The molecular weight excluding hydrogens is 303 g/mol. The molecule has 0 amide bonds. The highest BCUT2D eigenvalue weighted by Gasteiger charge is 2.24. The monoisotopic (exact) mass is 316 g/mol. The van der Waals surface area contributed by atoms with Gasteiger partial charge in [-0.3, -0.25) is 0 Å². The Morgan fingerprint density at radius 2 is 2.24 bits per heavy atom. The predicted octanol–water partition coefficient (Wildman–Crippen LogP) is 2.15. The Morgan fingerprint density at radius 3 is 2.76 bits per heavy atom. The van der Waals surface area contributed by atoms with Gasteiger partial charge in [0.15, 0.2) is 0 Å². The van der Waals surface area contributed by atoms with E-state index in [0.717, 1.165) is 18.7 Å². The maximum atomic E-state index is 9.60. The molecule has 0 spiro atoms. The molecular formula is C10H15Cl3N2OS. The molecule has 1 aliphatic rings. The van der Waals surface area contributed by atoms with Crippen molar-refractivity contribution in [2.24, 2.45) is 5.92 Å². The number of rotatable bonds is 4. The van der Waals surface area contributed by atoms with Gasteiger partial charge in [-0.1, -0.05) is 23.2 Å². The van der Waals surface area contributed by atoms with Gasteiger partial charge in [0.25, 0.3) is 0 Å². The van der Waals surface area contributed by atoms with Crippen LogP contribution in [0.5, 0.6) is 0 Å². The lowest BCUT2D eigenvalue weighted by molar-refractivity contribution is 0.146. The molecule has 2 atom stereocenters. The van der Waals surface area contributed by atoms with E-state index < -0.39 is 0 Å². The Balaban J connectivity index is 0.00000144. The van der Waals surface area contributed by atoms with E-state index in [1.54, 1.807) is 0 Å². The Kier molecular flexibility index (Phi) is 6.51. The predicted molar refractivity (Wildman–Crippen MR) is 75.7 cm³/mol. The summed E-state index contributed by atoms with van der Waals surface area (Å²) in [5.74, 6) is 0.285. The standard InChI is InChI=1S/C10H14Cl2N2OS.ClH/c11-9-7(5-16-10(9)12)3-13-1-6-2-14-4-8(6)15;/h5-6,8,13-15H,1-4H2;1H. The zero-order valence-corrected chi connectivity index (χ0v) is 12.2. The molecule has 2 unspecified atom stereocenters. The molecule has 0 bridgehead atoms. The minimum atomic E-state index is -0.242. The van der Waals surface area contributed by atoms with Crippen LogP contribution in [0.3, 0.4) is 0 Å². The number of hydrogen-bond donors (Lipinski definition) is 3. The molecule has 3 N–H and O–H groups in total. The maximum absolute atomic E-state index is 9.60. The summed E-state index contributed by atoms with van der Waals surface area (Å²) < 4.78 is 0.640. The van der Waals surface area contributed by atoms with Crippen molar-refractivity contribution in [3.05, 3.63) is 20.3 Å². The number of aliphatic hydroxyl groups excluding tert-OH is 1. The van der Waals surface area contributed by atoms with Gasteiger partial charge in [-0.25, -0.2) is 0 Å². The third-order valence-electron chi connectivity index (χ3n) is 2.79. The molecule has 1 aromatic rings. The Labute approximate surface area is 121 Å². The normalized spacial score (nSPS) is 23.7. The molecule has 1 aliphatic heterocycles. The third kappa shape index (κ3) is 3.96. The van der Waals surface area contributed by atoms with Gasteiger partial charge in [-0.05, 0) is 10.9 Å². The summed E-state index contributed by atoms with van der Waals surface area (Å²) in [6.45, 7) is 3.05. The summed E-state index contributed by atoms with van der Waals surface area (Å²) in [4.78, 5) is 0. The van der Waals surface area contributed by atoms with E-state index in [2.05, 4.69) is 10.6 Å². The van der Waals surface area contributed by atoms with E-state index in [1.807, 2.05) is 5.38 Å². The second kappa shape index (κ2) is 7.14. The molecule has 1 fully saturated rings. The highest BCUT2D eigenvalue weighted by atomic mass is 35.5. The lowest BCUT2D eigenvalue weighted by Gasteiger charge is -2.13. The first kappa shape index (κ1) is 15.5. The Morgan fingerprint density at radius 1 is 1.47 bits per heavy atom. The number of thiophene rings is 1. The van der Waals surface area contributed by atoms with Gasteiger partial charge in [0.05, 0.1) is 11.1 Å². The van der Waals surface area contributed by atoms with Crippen LogP contribution in [0.2, 0.25) is 9.36 Å². The molecule has 2 rings (SSSR count). The summed E-state index contributed by atoms with van der Waals surface area (Å²) in [6.07, 6.45) is -0.242. The second-order valence-electron chi connectivity index (χ2n) is 3.97. The molecule has 0 radical (unpaired) electrons. The van der Waals surface area contributed by atoms with Gasteiger partial charge in [-0.2, -0.15) is 0 Å². The van der Waals surface area contributed by atoms with Crippen molar-refractivity contribution in [1.29, 1.82) is 0 Å². The average molecular weight is 318 g/mol. The van der Waals surface area contributed by atoms with E-state index in [9.17, 15) is 5.11 Å². The van der Waals surface area contributed by atoms with Crippen molar-refractivity contribution in [3.63, 3.8) is 0 Å². The first-order valence-corrected chi connectivity index (χ1v) is 6.83. The summed E-state index contributed by atoms with van der Waals surface area (Å²) in [5, 5.41) is 18.6. The molecule has 17 heavy (non-hydrogen) atoms. The quantitative estimate of drug-likeness (QED) is 0.797. The van der Waals surface area contributed by atoms with E-state index in [4.69, 9.17) is 23.2 Å². The minimum Gasteiger partial charge on any atom is -0.391 e. The van der Waals surface area contributed by atoms with Crippen molar-refractivity contribution in [2.75, 3.05) is 19.6 Å². The fourth-order valence-electron chi connectivity index (χ4n) is 1.79. The van der Waals surface area contributed by atoms with E-state index in [1.165, 1.54) is 11.3 Å². The molecule has 1 aromatic heterocycles. The van der Waals surface area contributed by atoms with Crippen LogP contribution in [-0.2, 0) is 6.54 Å². The zero-order valence-electron chi connectivity index (χ0n) is 9.08. The highest BCUT2D eigenvalue weighted by Crippen LogP contribution is 2.32. The largest absolute Gasteiger partial charge is 0.391 e. The second-order valence-corrected chi connectivity index (χ2v) is 5.82. The van der Waals surface area contributed by atoms with Crippen molar-refractivity contribution >= 4 is 46.9 Å². The molecule has 0 saturated carbocycles. The number of halogens is 3. The molecule has 98 valence electrons. The third-order valence-corrected chi connectivity index (χ3v) is 4.70. The lowest BCUT2D eigenvalue weighted by atomic mass is 10.1. The van der Waals surface area contributed by atoms with Gasteiger partial charge in [-0.15, -0.1) is 23.7 Å². The van der Waals surface area contributed by atoms with Gasteiger partial charge >= 0.3 is 0 Å². The van der Waals surface area contributed by atoms with Crippen molar-refractivity contribution in [3.8, 4) is 0 Å². The maximum Gasteiger partial charge on any atom is 0.112 e. The van der Waals surface area contributed by atoms with Crippen LogP contribution in [0.1, 0.15) is 5.56 Å². The molecule has 2 heterocycles. The molecule has 0 aliphatic carbocycles. The van der Waals surface area contributed by atoms with E-state index >= 15 is 0 Å². The van der Waals surface area contributed by atoms with Crippen molar-refractivity contribution in [1.82, 2.24) is 10.6 Å². The SMILES string of the molecule is Cl.OC1CNCC1CNCc1csc(Cl)c1Cl. The van der Waals surface area contributed by atoms with Crippen molar-refractivity contribution < 1.29 is 5.11 Å². The number of hydrogen-bond acceptors (Lipinski definition) is 4. The first-order valence-electron chi connectivity index (χ1n) is 5.19. The summed E-state index contributed by atoms with van der Waals surface area (Å²) >= 11 is 13.3. The summed E-state index contributed by atoms with van der Waals surface area (Å²) in [6, 6.07) is 0. The van der Waals surface area contributed by atoms with Crippen LogP contribution in [0.25, 0.3) is 0 Å². The van der Waals surface area contributed by atoms with Gasteiger partial charge in [0, 0.05) is 32.1 Å². The van der Waals surface area contributed by atoms with Crippen LogP contribution < -0.4 is 10.6 Å².